The van der Waals surface area contributed by atoms with Crippen molar-refractivity contribution in [2.75, 3.05) is 26.2 Å². The SMILES string of the molecule is O=C(Cn1c(=O)ccc2cc(S(=O)(=O)N3CCCC3)ccc21)N1CCCCCC1. The average Bonchev–Trinajstić information content (AvgIpc) is 3.13. The molecule has 7 nitrogen and oxygen atoms in total. The Balaban J connectivity index is 1.65. The predicted octanol–water partition coefficient (Wildman–Crippen LogP) is 2.19. The van der Waals surface area contributed by atoms with Crippen LogP contribution in [0.25, 0.3) is 10.9 Å². The summed E-state index contributed by atoms with van der Waals surface area (Å²) < 4.78 is 28.6. The molecular formula is C21H27N3O4S. The number of pyridine rings is 1. The Kier molecular flexibility index (Phi) is 5.74. The van der Waals surface area contributed by atoms with Crippen molar-refractivity contribution in [1.29, 1.82) is 0 Å². The molecule has 0 spiro atoms. The zero-order valence-corrected chi connectivity index (χ0v) is 17.4. The molecule has 0 unspecified atom stereocenters. The molecule has 4 rings (SSSR count). The lowest BCUT2D eigenvalue weighted by Crippen LogP contribution is -2.37. The number of carbonyl (C=O) groups is 1. The van der Waals surface area contributed by atoms with Gasteiger partial charge in [-0.25, -0.2) is 8.42 Å². The van der Waals surface area contributed by atoms with Gasteiger partial charge < -0.3 is 4.90 Å². The van der Waals surface area contributed by atoms with Crippen LogP contribution < -0.4 is 5.56 Å². The minimum atomic E-state index is -3.53. The molecule has 2 aliphatic rings. The fourth-order valence-electron chi connectivity index (χ4n) is 4.24. The van der Waals surface area contributed by atoms with E-state index in [1.807, 2.05) is 4.90 Å². The van der Waals surface area contributed by atoms with Crippen molar-refractivity contribution in [3.63, 3.8) is 0 Å². The van der Waals surface area contributed by atoms with Crippen LogP contribution in [0.15, 0.2) is 40.0 Å². The van der Waals surface area contributed by atoms with E-state index < -0.39 is 10.0 Å². The second-order valence-electron chi connectivity index (χ2n) is 7.88. The Hall–Kier alpha value is -2.19. The highest BCUT2D eigenvalue weighted by Crippen LogP contribution is 2.24. The second kappa shape index (κ2) is 8.28. The summed E-state index contributed by atoms with van der Waals surface area (Å²) in [6.45, 7) is 2.54. The normalized spacial score (nSPS) is 18.8. The number of hydrogen-bond acceptors (Lipinski definition) is 4. The maximum absolute atomic E-state index is 12.8. The zero-order valence-electron chi connectivity index (χ0n) is 16.5. The molecule has 0 bridgehead atoms. The van der Waals surface area contributed by atoms with Gasteiger partial charge >= 0.3 is 0 Å². The third-order valence-electron chi connectivity index (χ3n) is 5.92. The largest absolute Gasteiger partial charge is 0.341 e. The predicted molar refractivity (Wildman–Crippen MR) is 111 cm³/mol. The maximum Gasteiger partial charge on any atom is 0.251 e. The molecule has 0 N–H and O–H groups in total. The van der Waals surface area contributed by atoms with Crippen molar-refractivity contribution in [2.24, 2.45) is 0 Å². The minimum Gasteiger partial charge on any atom is -0.341 e. The van der Waals surface area contributed by atoms with Crippen molar-refractivity contribution >= 4 is 26.8 Å². The lowest BCUT2D eigenvalue weighted by Gasteiger charge is -2.21. The standard InChI is InChI=1S/C21H27N3O4S/c25-20-10-7-17-15-18(29(27,28)23-13-5-6-14-23)8-9-19(17)24(20)16-21(26)22-11-3-1-2-4-12-22/h7-10,15H,1-6,11-14,16H2. The number of sulfonamides is 1. The summed E-state index contributed by atoms with van der Waals surface area (Å²) in [4.78, 5) is 27.3. The van der Waals surface area contributed by atoms with Crippen molar-refractivity contribution in [1.82, 2.24) is 13.8 Å². The fourth-order valence-corrected chi connectivity index (χ4v) is 5.79. The van der Waals surface area contributed by atoms with Gasteiger partial charge in [0.2, 0.25) is 15.9 Å². The molecule has 0 aliphatic carbocycles. The third-order valence-corrected chi connectivity index (χ3v) is 7.81. The van der Waals surface area contributed by atoms with Gasteiger partial charge in [0.15, 0.2) is 0 Å². The van der Waals surface area contributed by atoms with Gasteiger partial charge in [-0.1, -0.05) is 12.8 Å². The topological polar surface area (TPSA) is 79.7 Å². The Morgan fingerprint density at radius 2 is 1.52 bits per heavy atom. The molecular weight excluding hydrogens is 390 g/mol. The van der Waals surface area contributed by atoms with Gasteiger partial charge in [0, 0.05) is 32.2 Å². The Labute approximate surface area is 171 Å². The molecule has 2 saturated heterocycles. The van der Waals surface area contributed by atoms with Crippen LogP contribution in [-0.2, 0) is 21.4 Å². The van der Waals surface area contributed by atoms with Gasteiger partial charge in [0.05, 0.1) is 10.4 Å². The Morgan fingerprint density at radius 3 is 2.21 bits per heavy atom. The summed E-state index contributed by atoms with van der Waals surface area (Å²) in [7, 11) is -3.53. The van der Waals surface area contributed by atoms with Crippen molar-refractivity contribution in [3.05, 3.63) is 40.7 Å². The van der Waals surface area contributed by atoms with Gasteiger partial charge in [-0.3, -0.25) is 14.2 Å². The van der Waals surface area contributed by atoms with E-state index in [0.29, 0.717) is 24.0 Å². The molecule has 0 atom stereocenters. The second-order valence-corrected chi connectivity index (χ2v) is 9.82. The van der Waals surface area contributed by atoms with Crippen molar-refractivity contribution < 1.29 is 13.2 Å². The van der Waals surface area contributed by atoms with Crippen LogP contribution in [0.5, 0.6) is 0 Å². The summed E-state index contributed by atoms with van der Waals surface area (Å²) in [5.74, 6) is -0.0599. The van der Waals surface area contributed by atoms with Gasteiger partial charge in [0.1, 0.15) is 6.54 Å². The number of amides is 1. The number of rotatable bonds is 4. The first-order valence-electron chi connectivity index (χ1n) is 10.4. The van der Waals surface area contributed by atoms with E-state index in [4.69, 9.17) is 0 Å². The molecule has 0 radical (unpaired) electrons. The summed E-state index contributed by atoms with van der Waals surface area (Å²) in [5, 5.41) is 0.647. The highest BCUT2D eigenvalue weighted by molar-refractivity contribution is 7.89. The van der Waals surface area contributed by atoms with Crippen LogP contribution in [-0.4, -0.2) is 54.3 Å². The molecule has 2 aromatic rings. The van der Waals surface area contributed by atoms with E-state index in [0.717, 1.165) is 51.6 Å². The van der Waals surface area contributed by atoms with Crippen LogP contribution in [0.2, 0.25) is 0 Å². The van der Waals surface area contributed by atoms with E-state index in [1.165, 1.54) is 14.9 Å². The zero-order chi connectivity index (χ0) is 20.4. The van der Waals surface area contributed by atoms with Crippen LogP contribution >= 0.6 is 0 Å². The molecule has 2 fully saturated rings. The monoisotopic (exact) mass is 417 g/mol. The van der Waals surface area contributed by atoms with Crippen LogP contribution in [0, 0.1) is 0 Å². The molecule has 3 heterocycles. The fraction of sp³-hybridized carbons (Fsp3) is 0.524. The molecule has 1 aromatic carbocycles. The summed E-state index contributed by atoms with van der Waals surface area (Å²) in [6.07, 6.45) is 6.01. The van der Waals surface area contributed by atoms with E-state index in [1.54, 1.807) is 24.3 Å². The number of likely N-dealkylation sites (tertiary alicyclic amines) is 1. The maximum atomic E-state index is 12.8. The minimum absolute atomic E-state index is 0.0194. The number of hydrogen-bond donors (Lipinski definition) is 0. The number of carbonyl (C=O) groups excluding carboxylic acids is 1. The van der Waals surface area contributed by atoms with Gasteiger partial charge in [-0.05, 0) is 55.3 Å². The molecule has 8 heteroatoms. The molecule has 156 valence electrons. The molecule has 2 aliphatic heterocycles. The number of aromatic nitrogens is 1. The first kappa shape index (κ1) is 20.1. The molecule has 0 saturated carbocycles. The molecule has 29 heavy (non-hydrogen) atoms. The van der Waals surface area contributed by atoms with Gasteiger partial charge in [-0.15, -0.1) is 0 Å². The van der Waals surface area contributed by atoms with Gasteiger partial charge in [0.25, 0.3) is 5.56 Å². The number of nitrogens with zero attached hydrogens (tertiary/aromatic N) is 3. The lowest BCUT2D eigenvalue weighted by atomic mass is 10.2. The summed E-state index contributed by atoms with van der Waals surface area (Å²) >= 11 is 0. The number of fused-ring (bicyclic) bond motifs is 1. The van der Waals surface area contributed by atoms with E-state index in [2.05, 4.69) is 0 Å². The van der Waals surface area contributed by atoms with Crippen LogP contribution in [0.3, 0.4) is 0 Å². The first-order valence-corrected chi connectivity index (χ1v) is 11.8. The highest BCUT2D eigenvalue weighted by atomic mass is 32.2. The third kappa shape index (κ3) is 4.09. The van der Waals surface area contributed by atoms with Crippen LogP contribution in [0.1, 0.15) is 38.5 Å². The van der Waals surface area contributed by atoms with E-state index >= 15 is 0 Å². The average molecular weight is 418 g/mol. The smallest absolute Gasteiger partial charge is 0.251 e. The number of benzene rings is 1. The van der Waals surface area contributed by atoms with E-state index in [9.17, 15) is 18.0 Å². The Morgan fingerprint density at radius 1 is 0.862 bits per heavy atom. The van der Waals surface area contributed by atoms with Gasteiger partial charge in [-0.2, -0.15) is 4.31 Å². The highest BCUT2D eigenvalue weighted by Gasteiger charge is 2.27. The van der Waals surface area contributed by atoms with Crippen molar-refractivity contribution in [2.45, 2.75) is 50.0 Å². The first-order chi connectivity index (χ1) is 14.0. The summed E-state index contributed by atoms with van der Waals surface area (Å²) in [6, 6.07) is 7.84. The molecule has 1 aromatic heterocycles. The summed E-state index contributed by atoms with van der Waals surface area (Å²) in [5.41, 5.74) is 0.330. The Bertz CT molecular complexity index is 1060. The van der Waals surface area contributed by atoms with Crippen LogP contribution in [0.4, 0.5) is 0 Å². The quantitative estimate of drug-likeness (QED) is 0.764. The lowest BCUT2D eigenvalue weighted by molar-refractivity contribution is -0.131. The van der Waals surface area contributed by atoms with Crippen molar-refractivity contribution in [3.8, 4) is 0 Å². The van der Waals surface area contributed by atoms with E-state index in [-0.39, 0.29) is 22.9 Å². The molecule has 1 amide bonds.